The third-order valence-corrected chi connectivity index (χ3v) is 5.59. The highest BCUT2D eigenvalue weighted by Crippen LogP contribution is 2.39. The van der Waals surface area contributed by atoms with Gasteiger partial charge in [-0.3, -0.25) is 9.13 Å². The fourth-order valence-corrected chi connectivity index (χ4v) is 4.07. The minimum absolute atomic E-state index is 0.0727. The van der Waals surface area contributed by atoms with Crippen LogP contribution in [0.5, 0.6) is 11.5 Å². The third-order valence-electron chi connectivity index (χ3n) is 5.59. The Balaban J connectivity index is 1.81. The van der Waals surface area contributed by atoms with Crippen LogP contribution in [0.25, 0.3) is 22.4 Å². The number of benzene rings is 3. The Labute approximate surface area is 165 Å². The van der Waals surface area contributed by atoms with Crippen molar-refractivity contribution in [3.05, 3.63) is 77.6 Å². The van der Waals surface area contributed by atoms with Gasteiger partial charge in [0.2, 0.25) is 0 Å². The van der Waals surface area contributed by atoms with Gasteiger partial charge in [-0.05, 0) is 54.2 Å². The molecule has 0 N–H and O–H groups in total. The van der Waals surface area contributed by atoms with Crippen LogP contribution < -0.4 is 9.30 Å². The Hall–Kier alpha value is -3.07. The molecule has 3 heteroatoms. The molecule has 0 saturated heterocycles. The van der Waals surface area contributed by atoms with Gasteiger partial charge in [-0.15, -0.1) is 0 Å². The van der Waals surface area contributed by atoms with Crippen molar-refractivity contribution in [3.8, 4) is 22.9 Å². The largest absolute Gasteiger partial charge is 0.465 e. The predicted molar refractivity (Wildman–Crippen MR) is 112 cm³/mol. The zero-order valence-corrected chi connectivity index (χ0v) is 17.0. The number of fused-ring (bicyclic) bond motifs is 2. The molecule has 4 aromatic rings. The molecule has 28 heavy (non-hydrogen) atoms. The maximum Gasteiger partial charge on any atom is 0.270 e. The fourth-order valence-electron chi connectivity index (χ4n) is 4.07. The SMILES string of the molecule is Cc1cccc(C)c1-n1[c-][n+]2c3c(cccc31)Oc1cc(C(C)(C)C)ccc1-2. The minimum Gasteiger partial charge on any atom is -0.465 e. The second-order valence-electron chi connectivity index (χ2n) is 8.67. The average Bonchev–Trinajstić information content (AvgIpc) is 3.02. The van der Waals surface area contributed by atoms with Gasteiger partial charge < -0.3 is 4.74 Å². The number of rotatable bonds is 1. The number of hydrogen-bond acceptors (Lipinski definition) is 1. The van der Waals surface area contributed by atoms with Crippen LogP contribution in [0.4, 0.5) is 0 Å². The number of para-hydroxylation sites is 2. The van der Waals surface area contributed by atoms with Gasteiger partial charge in [0.15, 0.2) is 0 Å². The van der Waals surface area contributed by atoms with E-state index in [-0.39, 0.29) is 5.41 Å². The summed E-state index contributed by atoms with van der Waals surface area (Å²) in [5.41, 5.74) is 8.16. The molecule has 0 atom stereocenters. The molecule has 0 radical (unpaired) electrons. The molecular weight excluding hydrogens is 344 g/mol. The molecule has 0 unspecified atom stereocenters. The molecule has 0 saturated carbocycles. The van der Waals surface area contributed by atoms with E-state index in [2.05, 4.69) is 98.6 Å². The Morgan fingerprint density at radius 3 is 2.32 bits per heavy atom. The Bertz CT molecular complexity index is 1220. The normalized spacial score (nSPS) is 12.8. The molecule has 1 aliphatic rings. The first-order chi connectivity index (χ1) is 13.3. The molecule has 1 aromatic heterocycles. The summed E-state index contributed by atoms with van der Waals surface area (Å²) in [6, 6.07) is 19.1. The van der Waals surface area contributed by atoms with Crippen LogP contribution in [0.15, 0.2) is 54.6 Å². The summed E-state index contributed by atoms with van der Waals surface area (Å²) in [5.74, 6) is 1.75. The summed E-state index contributed by atoms with van der Waals surface area (Å²) in [6.07, 6.45) is 3.60. The standard InChI is InChI=1S/C25H24N2O/c1-16-8-6-9-17(2)23(16)27-15-26-19-13-12-18(25(3,4)5)14-22(19)28-21-11-7-10-20(27)24(21)26/h6-14H,1-5H3. The summed E-state index contributed by atoms with van der Waals surface area (Å²) < 4.78 is 10.6. The lowest BCUT2D eigenvalue weighted by atomic mass is 9.87. The molecule has 0 amide bonds. The van der Waals surface area contributed by atoms with E-state index < -0.39 is 0 Å². The van der Waals surface area contributed by atoms with Crippen molar-refractivity contribution < 1.29 is 9.30 Å². The second kappa shape index (κ2) is 5.71. The topological polar surface area (TPSA) is 18.0 Å². The Morgan fingerprint density at radius 2 is 1.61 bits per heavy atom. The first kappa shape index (κ1) is 17.1. The van der Waals surface area contributed by atoms with Crippen LogP contribution in [0.2, 0.25) is 0 Å². The van der Waals surface area contributed by atoms with Crippen LogP contribution in [0.1, 0.15) is 37.5 Å². The summed E-state index contributed by atoms with van der Waals surface area (Å²) in [5, 5.41) is 0. The highest BCUT2D eigenvalue weighted by atomic mass is 16.5. The summed E-state index contributed by atoms with van der Waals surface area (Å²) in [7, 11) is 0. The lowest BCUT2D eigenvalue weighted by molar-refractivity contribution is -0.575. The first-order valence-electron chi connectivity index (χ1n) is 9.73. The second-order valence-corrected chi connectivity index (χ2v) is 8.67. The minimum atomic E-state index is 0.0727. The van der Waals surface area contributed by atoms with Crippen LogP contribution in [0, 0.1) is 20.2 Å². The summed E-state index contributed by atoms with van der Waals surface area (Å²) in [4.78, 5) is 0. The first-order valence-corrected chi connectivity index (χ1v) is 9.73. The van der Waals surface area contributed by atoms with Gasteiger partial charge in [0, 0.05) is 0 Å². The van der Waals surface area contributed by atoms with E-state index in [0.717, 1.165) is 28.2 Å². The molecule has 0 aliphatic carbocycles. The van der Waals surface area contributed by atoms with Gasteiger partial charge in [0.1, 0.15) is 22.7 Å². The van der Waals surface area contributed by atoms with Crippen molar-refractivity contribution in [1.29, 1.82) is 0 Å². The summed E-state index contributed by atoms with van der Waals surface area (Å²) in [6.45, 7) is 11.0. The van der Waals surface area contributed by atoms with E-state index in [1.807, 2.05) is 6.07 Å². The quantitative estimate of drug-likeness (QED) is 0.273. The zero-order chi connectivity index (χ0) is 19.6. The number of aromatic nitrogens is 2. The molecule has 140 valence electrons. The van der Waals surface area contributed by atoms with E-state index in [1.54, 1.807) is 0 Å². The van der Waals surface area contributed by atoms with Crippen LogP contribution in [-0.2, 0) is 5.41 Å². The fraction of sp³-hybridized carbons (Fsp3) is 0.240. The molecule has 1 aliphatic heterocycles. The molecule has 0 bridgehead atoms. The van der Waals surface area contributed by atoms with Gasteiger partial charge in [0.25, 0.3) is 6.33 Å². The highest BCUT2D eigenvalue weighted by molar-refractivity contribution is 5.83. The molecule has 0 spiro atoms. The smallest absolute Gasteiger partial charge is 0.270 e. The third kappa shape index (κ3) is 2.39. The van der Waals surface area contributed by atoms with Crippen molar-refractivity contribution in [1.82, 2.24) is 4.57 Å². The maximum absolute atomic E-state index is 6.34. The maximum atomic E-state index is 6.34. The molecule has 5 rings (SSSR count). The Kier molecular flexibility index (Phi) is 3.48. The van der Waals surface area contributed by atoms with Gasteiger partial charge in [-0.1, -0.05) is 57.2 Å². The number of hydrogen-bond donors (Lipinski definition) is 0. The molecule has 0 fully saturated rings. The van der Waals surface area contributed by atoms with Crippen molar-refractivity contribution in [3.63, 3.8) is 0 Å². The lowest BCUT2D eigenvalue weighted by Gasteiger charge is -2.24. The number of imidazole rings is 1. The van der Waals surface area contributed by atoms with Crippen molar-refractivity contribution >= 4 is 11.0 Å². The monoisotopic (exact) mass is 368 g/mol. The van der Waals surface area contributed by atoms with Gasteiger partial charge in [-0.2, -0.15) is 0 Å². The van der Waals surface area contributed by atoms with Crippen molar-refractivity contribution in [2.24, 2.45) is 0 Å². The van der Waals surface area contributed by atoms with Gasteiger partial charge in [0.05, 0.1) is 11.2 Å². The lowest BCUT2D eigenvalue weighted by Crippen LogP contribution is -2.33. The molecule has 3 aromatic carbocycles. The number of aryl methyl sites for hydroxylation is 2. The van der Waals surface area contributed by atoms with E-state index in [0.29, 0.717) is 0 Å². The van der Waals surface area contributed by atoms with Gasteiger partial charge >= 0.3 is 0 Å². The zero-order valence-electron chi connectivity index (χ0n) is 17.0. The number of nitrogens with zero attached hydrogens (tertiary/aromatic N) is 2. The van der Waals surface area contributed by atoms with Crippen LogP contribution >= 0.6 is 0 Å². The predicted octanol–water partition coefficient (Wildman–Crippen LogP) is 5.73. The van der Waals surface area contributed by atoms with E-state index >= 15 is 0 Å². The number of ether oxygens (including phenoxy) is 1. The van der Waals surface area contributed by atoms with Crippen LogP contribution in [-0.4, -0.2) is 4.57 Å². The van der Waals surface area contributed by atoms with Crippen LogP contribution in [0.3, 0.4) is 0 Å². The molecule has 2 heterocycles. The van der Waals surface area contributed by atoms with E-state index in [1.165, 1.54) is 22.4 Å². The van der Waals surface area contributed by atoms with Crippen molar-refractivity contribution in [2.75, 3.05) is 0 Å². The Morgan fingerprint density at radius 1 is 0.893 bits per heavy atom. The van der Waals surface area contributed by atoms with E-state index in [4.69, 9.17) is 4.74 Å². The molecule has 3 nitrogen and oxygen atoms in total. The van der Waals surface area contributed by atoms with E-state index in [9.17, 15) is 0 Å². The average molecular weight is 368 g/mol. The van der Waals surface area contributed by atoms with Gasteiger partial charge in [-0.25, -0.2) is 0 Å². The van der Waals surface area contributed by atoms with Crippen molar-refractivity contribution in [2.45, 2.75) is 40.0 Å². The summed E-state index contributed by atoms with van der Waals surface area (Å²) >= 11 is 0. The highest BCUT2D eigenvalue weighted by Gasteiger charge is 2.25. The molecular formula is C25H24N2O.